The normalized spacial score (nSPS) is 10.1. The molecule has 116 valence electrons. The highest BCUT2D eigenvalue weighted by atomic mass is 79.9. The molecule has 4 nitrogen and oxygen atoms in total. The molecule has 22 heavy (non-hydrogen) atoms. The summed E-state index contributed by atoms with van der Waals surface area (Å²) >= 11 is 3.48. The molecular weight excluding hydrogens is 344 g/mol. The predicted molar refractivity (Wildman–Crippen MR) is 93.6 cm³/mol. The number of nitrogens with one attached hydrogen (secondary N) is 2. The van der Waals surface area contributed by atoms with Crippen LogP contribution in [0.5, 0.6) is 5.75 Å². The first-order chi connectivity index (χ1) is 10.6. The van der Waals surface area contributed by atoms with Crippen molar-refractivity contribution >= 4 is 33.2 Å². The molecule has 0 aromatic heterocycles. The van der Waals surface area contributed by atoms with Gasteiger partial charge in [-0.15, -0.1) is 0 Å². The maximum Gasteiger partial charge on any atom is 0.243 e. The summed E-state index contributed by atoms with van der Waals surface area (Å²) < 4.78 is 6.31. The molecule has 0 bridgehead atoms. The highest BCUT2D eigenvalue weighted by Gasteiger charge is 2.05. The van der Waals surface area contributed by atoms with Crippen LogP contribution in [0.2, 0.25) is 0 Å². The molecule has 5 heteroatoms. The molecule has 0 heterocycles. The van der Waals surface area contributed by atoms with E-state index in [0.717, 1.165) is 27.2 Å². The maximum atomic E-state index is 12.0. The monoisotopic (exact) mass is 362 g/mol. The molecule has 0 saturated carbocycles. The number of anilines is 2. The lowest BCUT2D eigenvalue weighted by molar-refractivity contribution is -0.114. The van der Waals surface area contributed by atoms with Gasteiger partial charge in [-0.25, -0.2) is 0 Å². The number of amides is 1. The average molecular weight is 363 g/mol. The Labute approximate surface area is 139 Å². The average Bonchev–Trinajstić information content (AvgIpc) is 2.49. The molecule has 0 fully saturated rings. The van der Waals surface area contributed by atoms with Gasteiger partial charge >= 0.3 is 0 Å². The first-order valence-electron chi connectivity index (χ1n) is 7.11. The van der Waals surface area contributed by atoms with Crippen molar-refractivity contribution < 1.29 is 9.53 Å². The molecule has 0 aliphatic heterocycles. The van der Waals surface area contributed by atoms with E-state index in [1.807, 2.05) is 56.3 Å². The van der Waals surface area contributed by atoms with E-state index in [1.165, 1.54) is 0 Å². The van der Waals surface area contributed by atoms with Crippen molar-refractivity contribution in [3.63, 3.8) is 0 Å². The van der Waals surface area contributed by atoms with Crippen LogP contribution >= 0.6 is 15.9 Å². The largest absolute Gasteiger partial charge is 0.494 e. The summed E-state index contributed by atoms with van der Waals surface area (Å²) in [7, 11) is 0. The number of hydrogen-bond donors (Lipinski definition) is 2. The summed E-state index contributed by atoms with van der Waals surface area (Å²) in [5, 5.41) is 5.95. The topological polar surface area (TPSA) is 50.4 Å². The van der Waals surface area contributed by atoms with Crippen LogP contribution in [0.4, 0.5) is 11.4 Å². The Morgan fingerprint density at radius 2 is 1.91 bits per heavy atom. The summed E-state index contributed by atoms with van der Waals surface area (Å²) in [5.41, 5.74) is 2.81. The molecule has 2 N–H and O–H groups in total. The standard InChI is InChI=1S/C17H19BrN2O2/c1-3-22-14-7-5-13(6-8-14)20-17(21)11-19-16-9-4-12(2)10-15(16)18/h4-10,19H,3,11H2,1-2H3,(H,20,21). The molecule has 0 unspecified atom stereocenters. The van der Waals surface area contributed by atoms with Gasteiger partial charge in [0, 0.05) is 15.8 Å². The highest BCUT2D eigenvalue weighted by Crippen LogP contribution is 2.23. The van der Waals surface area contributed by atoms with Gasteiger partial charge in [-0.05, 0) is 71.7 Å². The smallest absolute Gasteiger partial charge is 0.243 e. The first kappa shape index (κ1) is 16.4. The molecule has 0 radical (unpaired) electrons. The number of hydrogen-bond acceptors (Lipinski definition) is 3. The number of aryl methyl sites for hydroxylation is 1. The number of carbonyl (C=O) groups excluding carboxylic acids is 1. The maximum absolute atomic E-state index is 12.0. The second kappa shape index (κ2) is 7.84. The zero-order chi connectivity index (χ0) is 15.9. The quantitative estimate of drug-likeness (QED) is 0.809. The van der Waals surface area contributed by atoms with E-state index >= 15 is 0 Å². The van der Waals surface area contributed by atoms with Gasteiger partial charge in [0.05, 0.1) is 13.2 Å². The number of ether oxygens (including phenoxy) is 1. The summed E-state index contributed by atoms with van der Waals surface area (Å²) in [5.74, 6) is 0.693. The van der Waals surface area contributed by atoms with E-state index in [-0.39, 0.29) is 12.5 Å². The minimum Gasteiger partial charge on any atom is -0.494 e. The second-order valence-corrected chi connectivity index (χ2v) is 5.70. The minimum atomic E-state index is -0.100. The minimum absolute atomic E-state index is 0.100. The van der Waals surface area contributed by atoms with E-state index in [0.29, 0.717) is 6.61 Å². The lowest BCUT2D eigenvalue weighted by Gasteiger charge is -2.10. The van der Waals surface area contributed by atoms with Gasteiger partial charge in [0.1, 0.15) is 5.75 Å². The van der Waals surface area contributed by atoms with Crippen LogP contribution in [0.25, 0.3) is 0 Å². The lowest BCUT2D eigenvalue weighted by Crippen LogP contribution is -2.21. The SMILES string of the molecule is CCOc1ccc(NC(=O)CNc2ccc(C)cc2Br)cc1. The Balaban J connectivity index is 1.87. The van der Waals surface area contributed by atoms with Crippen molar-refractivity contribution in [2.45, 2.75) is 13.8 Å². The summed E-state index contributed by atoms with van der Waals surface area (Å²) in [6.45, 7) is 4.79. The Hall–Kier alpha value is -2.01. The molecule has 0 saturated heterocycles. The molecular formula is C17H19BrN2O2. The van der Waals surface area contributed by atoms with E-state index in [4.69, 9.17) is 4.74 Å². The molecule has 1 amide bonds. The van der Waals surface area contributed by atoms with Crippen molar-refractivity contribution in [2.24, 2.45) is 0 Å². The molecule has 0 aliphatic carbocycles. The summed E-state index contributed by atoms with van der Waals surface area (Å²) in [6.07, 6.45) is 0. The molecule has 2 aromatic rings. The van der Waals surface area contributed by atoms with Crippen LogP contribution in [0.3, 0.4) is 0 Å². The number of carbonyl (C=O) groups is 1. The fourth-order valence-electron chi connectivity index (χ4n) is 1.95. The fourth-order valence-corrected chi connectivity index (χ4v) is 2.58. The zero-order valence-electron chi connectivity index (χ0n) is 12.7. The van der Waals surface area contributed by atoms with E-state index in [2.05, 4.69) is 26.6 Å². The summed E-state index contributed by atoms with van der Waals surface area (Å²) in [4.78, 5) is 12.0. The highest BCUT2D eigenvalue weighted by molar-refractivity contribution is 9.10. The van der Waals surface area contributed by atoms with Crippen LogP contribution in [-0.2, 0) is 4.79 Å². The molecule has 0 aliphatic rings. The van der Waals surface area contributed by atoms with Crippen LogP contribution in [0.15, 0.2) is 46.9 Å². The van der Waals surface area contributed by atoms with Gasteiger partial charge in [-0.3, -0.25) is 4.79 Å². The first-order valence-corrected chi connectivity index (χ1v) is 7.90. The third kappa shape index (κ3) is 4.77. The Kier molecular flexibility index (Phi) is 5.83. The van der Waals surface area contributed by atoms with Gasteiger partial charge in [0.15, 0.2) is 0 Å². The van der Waals surface area contributed by atoms with Gasteiger partial charge in [-0.2, -0.15) is 0 Å². The van der Waals surface area contributed by atoms with Crippen LogP contribution < -0.4 is 15.4 Å². The zero-order valence-corrected chi connectivity index (χ0v) is 14.2. The van der Waals surface area contributed by atoms with Crippen LogP contribution in [-0.4, -0.2) is 19.1 Å². The third-order valence-electron chi connectivity index (χ3n) is 3.01. The Morgan fingerprint density at radius 3 is 2.55 bits per heavy atom. The third-order valence-corrected chi connectivity index (χ3v) is 3.67. The van der Waals surface area contributed by atoms with Crippen molar-refractivity contribution in [3.8, 4) is 5.75 Å². The van der Waals surface area contributed by atoms with Crippen molar-refractivity contribution in [1.29, 1.82) is 0 Å². The van der Waals surface area contributed by atoms with E-state index < -0.39 is 0 Å². The van der Waals surface area contributed by atoms with Crippen molar-refractivity contribution in [3.05, 3.63) is 52.5 Å². The van der Waals surface area contributed by atoms with Gasteiger partial charge in [0.25, 0.3) is 0 Å². The summed E-state index contributed by atoms with van der Waals surface area (Å²) in [6, 6.07) is 13.3. The van der Waals surface area contributed by atoms with E-state index in [1.54, 1.807) is 0 Å². The Morgan fingerprint density at radius 1 is 1.18 bits per heavy atom. The Bertz CT molecular complexity index is 642. The molecule has 0 atom stereocenters. The van der Waals surface area contributed by atoms with Gasteiger partial charge in [-0.1, -0.05) is 6.07 Å². The fraction of sp³-hybridized carbons (Fsp3) is 0.235. The second-order valence-electron chi connectivity index (χ2n) is 4.84. The van der Waals surface area contributed by atoms with Crippen molar-refractivity contribution in [1.82, 2.24) is 0 Å². The van der Waals surface area contributed by atoms with Gasteiger partial charge < -0.3 is 15.4 Å². The van der Waals surface area contributed by atoms with E-state index in [9.17, 15) is 4.79 Å². The lowest BCUT2D eigenvalue weighted by atomic mass is 10.2. The number of benzene rings is 2. The van der Waals surface area contributed by atoms with Gasteiger partial charge in [0.2, 0.25) is 5.91 Å². The molecule has 2 rings (SSSR count). The van der Waals surface area contributed by atoms with Crippen molar-refractivity contribution in [2.75, 3.05) is 23.8 Å². The number of halogens is 1. The molecule has 2 aromatic carbocycles. The predicted octanol–water partition coefficient (Wildman–Crippen LogP) is 4.21. The van der Waals surface area contributed by atoms with Crippen LogP contribution in [0, 0.1) is 6.92 Å². The number of rotatable bonds is 6. The molecule has 0 spiro atoms. The van der Waals surface area contributed by atoms with Crippen LogP contribution in [0.1, 0.15) is 12.5 Å².